The van der Waals surface area contributed by atoms with E-state index in [1.165, 1.54) is 12.1 Å². The first-order valence-corrected chi connectivity index (χ1v) is 10.9. The van der Waals surface area contributed by atoms with Gasteiger partial charge in [-0.25, -0.2) is 8.42 Å². The molecular weight excluding hydrogens is 412 g/mol. The number of carbonyl (C=O) groups is 1. The van der Waals surface area contributed by atoms with Crippen LogP contribution in [0.4, 0.5) is 5.69 Å². The Bertz CT molecular complexity index is 1070. The zero-order valence-corrected chi connectivity index (χ0v) is 17.3. The molecule has 30 heavy (non-hydrogen) atoms. The van der Waals surface area contributed by atoms with Gasteiger partial charge in [-0.2, -0.15) is 4.72 Å². The predicted octanol–water partition coefficient (Wildman–Crippen LogP) is 2.13. The third kappa shape index (κ3) is 4.14. The van der Waals surface area contributed by atoms with Crippen molar-refractivity contribution < 1.29 is 32.2 Å². The maximum atomic E-state index is 12.9. The second-order valence-electron chi connectivity index (χ2n) is 7.21. The van der Waals surface area contributed by atoms with E-state index in [0.29, 0.717) is 41.9 Å². The van der Waals surface area contributed by atoms with E-state index in [9.17, 15) is 13.2 Å². The van der Waals surface area contributed by atoms with Crippen molar-refractivity contribution in [2.45, 2.75) is 24.8 Å². The minimum absolute atomic E-state index is 0.00622. The molecule has 0 bridgehead atoms. The smallest absolute Gasteiger partial charge is 0.242 e. The number of ether oxygens (including phenoxy) is 4. The zero-order valence-electron chi connectivity index (χ0n) is 16.5. The summed E-state index contributed by atoms with van der Waals surface area (Å²) in [5.74, 6) is 1.17. The number of anilines is 1. The Balaban J connectivity index is 1.51. The molecule has 0 aliphatic carbocycles. The van der Waals surface area contributed by atoms with E-state index >= 15 is 0 Å². The number of carbonyl (C=O) groups excluding carboxylic acids is 1. The summed E-state index contributed by atoms with van der Waals surface area (Å²) in [7, 11) is -3.98. The number of benzene rings is 2. The highest BCUT2D eigenvalue weighted by Gasteiger charge is 2.29. The lowest BCUT2D eigenvalue weighted by atomic mass is 10.0. The summed E-state index contributed by atoms with van der Waals surface area (Å²) in [6, 6.07) is 8.34. The monoisotopic (exact) mass is 434 g/mol. The van der Waals surface area contributed by atoms with Gasteiger partial charge in [-0.15, -0.1) is 0 Å². The summed E-state index contributed by atoms with van der Waals surface area (Å²) in [4.78, 5) is 12.8. The fraction of sp³-hybridized carbons (Fsp3) is 0.350. The molecule has 10 heteroatoms. The normalized spacial score (nSPS) is 15.7. The van der Waals surface area contributed by atoms with Crippen LogP contribution in [0.2, 0.25) is 0 Å². The third-order valence-electron chi connectivity index (χ3n) is 4.70. The predicted molar refractivity (Wildman–Crippen MR) is 108 cm³/mol. The minimum atomic E-state index is -3.98. The molecule has 2 aliphatic rings. The number of hydrogen-bond acceptors (Lipinski definition) is 7. The first kappa shape index (κ1) is 20.3. The number of sulfonamides is 1. The minimum Gasteiger partial charge on any atom is -0.486 e. The highest BCUT2D eigenvalue weighted by molar-refractivity contribution is 7.89. The summed E-state index contributed by atoms with van der Waals surface area (Å²) >= 11 is 0. The van der Waals surface area contributed by atoms with Crippen molar-refractivity contribution >= 4 is 21.6 Å². The van der Waals surface area contributed by atoms with Gasteiger partial charge in [0.1, 0.15) is 19.3 Å². The topological polar surface area (TPSA) is 112 Å². The Morgan fingerprint density at radius 3 is 2.30 bits per heavy atom. The lowest BCUT2D eigenvalue weighted by molar-refractivity contribution is -0.118. The molecule has 4 rings (SSSR count). The van der Waals surface area contributed by atoms with E-state index in [1.54, 1.807) is 38.1 Å². The van der Waals surface area contributed by atoms with Gasteiger partial charge < -0.3 is 24.3 Å². The van der Waals surface area contributed by atoms with Crippen molar-refractivity contribution in [2.75, 3.05) is 25.3 Å². The van der Waals surface area contributed by atoms with Crippen LogP contribution in [0.5, 0.6) is 23.0 Å². The number of hydrogen-bond donors (Lipinski definition) is 2. The molecule has 0 saturated carbocycles. The molecule has 2 aliphatic heterocycles. The summed E-state index contributed by atoms with van der Waals surface area (Å²) < 4.78 is 49.8. The van der Waals surface area contributed by atoms with E-state index in [4.69, 9.17) is 18.9 Å². The van der Waals surface area contributed by atoms with E-state index in [2.05, 4.69) is 10.0 Å². The largest absolute Gasteiger partial charge is 0.486 e. The second-order valence-corrected chi connectivity index (χ2v) is 8.92. The average molecular weight is 434 g/mol. The second kappa shape index (κ2) is 8.04. The summed E-state index contributed by atoms with van der Waals surface area (Å²) in [6.45, 7) is 4.40. The Hall–Kier alpha value is -2.98. The molecule has 0 saturated heterocycles. The molecule has 9 nitrogen and oxygen atoms in total. The third-order valence-corrected chi connectivity index (χ3v) is 6.13. The SMILES string of the molecule is CC(C)[C@@H](NS(=O)(=O)c1ccc2c(c1)OCCO2)C(=O)Nc1ccc2c(c1)OCO2. The lowest BCUT2D eigenvalue weighted by Crippen LogP contribution is -2.47. The van der Waals surface area contributed by atoms with Crippen LogP contribution in [0.15, 0.2) is 41.3 Å². The first-order chi connectivity index (χ1) is 14.3. The molecule has 1 atom stereocenters. The van der Waals surface area contributed by atoms with E-state index < -0.39 is 22.0 Å². The zero-order chi connectivity index (χ0) is 21.3. The molecule has 0 spiro atoms. The van der Waals surface area contributed by atoms with Crippen LogP contribution < -0.4 is 29.0 Å². The van der Waals surface area contributed by atoms with Gasteiger partial charge in [0.15, 0.2) is 23.0 Å². The van der Waals surface area contributed by atoms with E-state index in [0.717, 1.165) is 0 Å². The van der Waals surface area contributed by atoms with E-state index in [1.807, 2.05) is 0 Å². The molecule has 0 aromatic heterocycles. The van der Waals surface area contributed by atoms with Crippen molar-refractivity contribution in [1.29, 1.82) is 0 Å². The van der Waals surface area contributed by atoms with E-state index in [-0.39, 0.29) is 17.6 Å². The molecule has 2 N–H and O–H groups in total. The molecule has 2 aromatic carbocycles. The van der Waals surface area contributed by atoms with Crippen LogP contribution in [-0.4, -0.2) is 40.4 Å². The maximum Gasteiger partial charge on any atom is 0.242 e. The summed E-state index contributed by atoms with van der Waals surface area (Å²) in [5, 5.41) is 2.73. The standard InChI is InChI=1S/C20H22N2O7S/c1-12(2)19(20(23)21-13-3-5-16-17(9-13)29-11-28-16)22-30(24,25)14-4-6-15-18(10-14)27-8-7-26-15/h3-6,9-10,12,19,22H,7-8,11H2,1-2H3,(H,21,23)/t19-/m1/s1. The van der Waals surface area contributed by atoms with Crippen LogP contribution in [0, 0.1) is 5.92 Å². The quantitative estimate of drug-likeness (QED) is 0.716. The molecule has 160 valence electrons. The van der Waals surface area contributed by atoms with Gasteiger partial charge in [0.25, 0.3) is 0 Å². The molecule has 0 radical (unpaired) electrons. The molecule has 0 unspecified atom stereocenters. The first-order valence-electron chi connectivity index (χ1n) is 9.46. The number of amides is 1. The average Bonchev–Trinajstić information content (AvgIpc) is 3.19. The number of nitrogens with one attached hydrogen (secondary N) is 2. The van der Waals surface area contributed by atoms with Gasteiger partial charge in [0, 0.05) is 17.8 Å². The van der Waals surface area contributed by atoms with Crippen LogP contribution in [-0.2, 0) is 14.8 Å². The Morgan fingerprint density at radius 1 is 0.900 bits per heavy atom. The number of fused-ring (bicyclic) bond motifs is 2. The molecule has 1 amide bonds. The molecule has 2 heterocycles. The molecular formula is C20H22N2O7S. The van der Waals surface area contributed by atoms with Crippen molar-refractivity contribution in [2.24, 2.45) is 5.92 Å². The van der Waals surface area contributed by atoms with Gasteiger partial charge in [-0.05, 0) is 30.2 Å². The van der Waals surface area contributed by atoms with Crippen LogP contribution in [0.25, 0.3) is 0 Å². The Kier molecular flexibility index (Phi) is 5.44. The highest BCUT2D eigenvalue weighted by atomic mass is 32.2. The maximum absolute atomic E-state index is 12.9. The van der Waals surface area contributed by atoms with Crippen LogP contribution in [0.1, 0.15) is 13.8 Å². The van der Waals surface area contributed by atoms with Crippen molar-refractivity contribution in [3.63, 3.8) is 0 Å². The van der Waals surface area contributed by atoms with Crippen LogP contribution in [0.3, 0.4) is 0 Å². The van der Waals surface area contributed by atoms with Crippen LogP contribution >= 0.6 is 0 Å². The highest BCUT2D eigenvalue weighted by Crippen LogP contribution is 2.34. The lowest BCUT2D eigenvalue weighted by Gasteiger charge is -2.23. The fourth-order valence-electron chi connectivity index (χ4n) is 3.11. The van der Waals surface area contributed by atoms with Gasteiger partial charge in [0.05, 0.1) is 4.90 Å². The fourth-order valence-corrected chi connectivity index (χ4v) is 4.47. The Labute approximate surface area is 174 Å². The number of rotatable bonds is 6. The molecule has 0 fully saturated rings. The van der Waals surface area contributed by atoms with Gasteiger partial charge >= 0.3 is 0 Å². The van der Waals surface area contributed by atoms with Gasteiger partial charge in [-0.3, -0.25) is 4.79 Å². The van der Waals surface area contributed by atoms with Crippen molar-refractivity contribution in [3.8, 4) is 23.0 Å². The van der Waals surface area contributed by atoms with Crippen molar-refractivity contribution in [1.82, 2.24) is 4.72 Å². The van der Waals surface area contributed by atoms with Crippen molar-refractivity contribution in [3.05, 3.63) is 36.4 Å². The van der Waals surface area contributed by atoms with Gasteiger partial charge in [0.2, 0.25) is 22.7 Å². The summed E-state index contributed by atoms with van der Waals surface area (Å²) in [6.07, 6.45) is 0. The Morgan fingerprint density at radius 2 is 1.53 bits per heavy atom. The van der Waals surface area contributed by atoms with Gasteiger partial charge in [-0.1, -0.05) is 13.8 Å². The summed E-state index contributed by atoms with van der Waals surface area (Å²) in [5.41, 5.74) is 0.480. The molecule has 2 aromatic rings.